The van der Waals surface area contributed by atoms with Gasteiger partial charge in [0.05, 0.1) is 4.90 Å². The van der Waals surface area contributed by atoms with Gasteiger partial charge in [-0.25, -0.2) is 0 Å². The summed E-state index contributed by atoms with van der Waals surface area (Å²) in [4.78, 5) is 2.12. The zero-order valence-electron chi connectivity index (χ0n) is 15.9. The van der Waals surface area contributed by atoms with Crippen LogP contribution in [0.3, 0.4) is 0 Å². The van der Waals surface area contributed by atoms with Gasteiger partial charge in [0.1, 0.15) is 6.10 Å². The van der Waals surface area contributed by atoms with E-state index in [9.17, 15) is 8.42 Å². The van der Waals surface area contributed by atoms with Crippen molar-refractivity contribution in [2.24, 2.45) is 10.3 Å². The largest absolute Gasteiger partial charge is 0.456 e. The molecule has 0 saturated carbocycles. The van der Waals surface area contributed by atoms with E-state index in [1.807, 2.05) is 48.2 Å². The number of nitrogens with zero attached hydrogens (tertiary/aromatic N) is 2. The van der Waals surface area contributed by atoms with Crippen LogP contribution in [0.25, 0.3) is 0 Å². The topological polar surface area (TPSA) is 59.0 Å². The number of benzene rings is 2. The van der Waals surface area contributed by atoms with Crippen LogP contribution in [0, 0.1) is 12.8 Å². The maximum Gasteiger partial charge on any atom is 0.304 e. The van der Waals surface area contributed by atoms with E-state index in [-0.39, 0.29) is 17.0 Å². The molecular formula is C22H24N2O3S. The first-order chi connectivity index (χ1) is 13.5. The second kappa shape index (κ2) is 7.80. The van der Waals surface area contributed by atoms with Gasteiger partial charge in [0.15, 0.2) is 0 Å². The van der Waals surface area contributed by atoms with Crippen LogP contribution >= 0.6 is 0 Å². The van der Waals surface area contributed by atoms with E-state index in [0.29, 0.717) is 12.5 Å². The van der Waals surface area contributed by atoms with Gasteiger partial charge in [-0.15, -0.1) is 4.40 Å². The van der Waals surface area contributed by atoms with Crippen LogP contribution in [0.15, 0.2) is 76.0 Å². The molecular weight excluding hydrogens is 372 g/mol. The van der Waals surface area contributed by atoms with Crippen LogP contribution in [-0.2, 0) is 21.3 Å². The number of ether oxygens (including phenoxy) is 1. The van der Waals surface area contributed by atoms with Crippen LogP contribution in [0.5, 0.6) is 0 Å². The summed E-state index contributed by atoms with van der Waals surface area (Å²) >= 11 is 0. The summed E-state index contributed by atoms with van der Waals surface area (Å²) in [5.74, 6) is 0.342. The summed E-state index contributed by atoms with van der Waals surface area (Å²) < 4.78 is 35.9. The van der Waals surface area contributed by atoms with Crippen molar-refractivity contribution in [3.8, 4) is 0 Å². The Balaban J connectivity index is 1.67. The van der Waals surface area contributed by atoms with Crippen molar-refractivity contribution in [3.05, 3.63) is 77.9 Å². The zero-order chi connectivity index (χ0) is 19.6. The van der Waals surface area contributed by atoms with E-state index in [2.05, 4.69) is 10.5 Å². The molecule has 1 aliphatic heterocycles. The first-order valence-electron chi connectivity index (χ1n) is 9.55. The lowest BCUT2D eigenvalue weighted by molar-refractivity contribution is 0.0592. The van der Waals surface area contributed by atoms with E-state index < -0.39 is 10.0 Å². The van der Waals surface area contributed by atoms with Gasteiger partial charge in [0.2, 0.25) is 0 Å². The molecule has 1 fully saturated rings. The number of sulfonamides is 1. The Morgan fingerprint density at radius 2 is 1.86 bits per heavy atom. The van der Waals surface area contributed by atoms with E-state index in [1.54, 1.807) is 24.3 Å². The van der Waals surface area contributed by atoms with Gasteiger partial charge in [0, 0.05) is 19.0 Å². The normalized spacial score (nSPS) is 23.3. The molecule has 146 valence electrons. The molecule has 0 unspecified atom stereocenters. The molecule has 2 aromatic rings. The first-order valence-corrected chi connectivity index (χ1v) is 11.0. The van der Waals surface area contributed by atoms with Gasteiger partial charge in [-0.3, -0.25) is 0 Å². The molecule has 6 heteroatoms. The van der Waals surface area contributed by atoms with Gasteiger partial charge in [-0.1, -0.05) is 54.1 Å². The summed E-state index contributed by atoms with van der Waals surface area (Å²) in [6.07, 6.45) is 6.07. The zero-order valence-corrected chi connectivity index (χ0v) is 16.7. The molecule has 2 aliphatic rings. The Bertz CT molecular complexity index is 982. The summed E-state index contributed by atoms with van der Waals surface area (Å²) in [6, 6.07) is 16.9. The summed E-state index contributed by atoms with van der Waals surface area (Å²) in [5, 5.41) is 0. The molecule has 1 saturated heterocycles. The minimum absolute atomic E-state index is 0.118. The number of rotatable bonds is 4. The minimum atomic E-state index is -3.84. The molecule has 2 atom stereocenters. The Kier molecular flexibility index (Phi) is 5.22. The van der Waals surface area contributed by atoms with Gasteiger partial charge < -0.3 is 9.64 Å². The molecule has 0 amide bonds. The molecule has 1 aliphatic carbocycles. The summed E-state index contributed by atoms with van der Waals surface area (Å²) in [5.41, 5.74) is 2.10. The minimum Gasteiger partial charge on any atom is -0.456 e. The molecule has 5 nitrogen and oxygen atoms in total. The number of fused-ring (bicyclic) bond motifs is 1. The second-order valence-electron chi connectivity index (χ2n) is 7.38. The van der Waals surface area contributed by atoms with Crippen LogP contribution in [0.2, 0.25) is 0 Å². The fourth-order valence-corrected chi connectivity index (χ4v) is 4.58. The van der Waals surface area contributed by atoms with Crippen molar-refractivity contribution in [2.45, 2.75) is 37.3 Å². The van der Waals surface area contributed by atoms with Gasteiger partial charge in [0.25, 0.3) is 10.0 Å². The molecule has 28 heavy (non-hydrogen) atoms. The first kappa shape index (κ1) is 18.7. The molecule has 0 bridgehead atoms. The summed E-state index contributed by atoms with van der Waals surface area (Å²) in [6.45, 7) is 3.21. The predicted molar refractivity (Wildman–Crippen MR) is 109 cm³/mol. The van der Waals surface area contributed by atoms with Crippen molar-refractivity contribution in [1.82, 2.24) is 4.90 Å². The number of aryl methyl sites for hydroxylation is 1. The van der Waals surface area contributed by atoms with Gasteiger partial charge in [-0.2, -0.15) is 8.42 Å². The van der Waals surface area contributed by atoms with Gasteiger partial charge in [-0.05, 0) is 43.5 Å². The van der Waals surface area contributed by atoms with Crippen molar-refractivity contribution < 1.29 is 13.2 Å². The van der Waals surface area contributed by atoms with Crippen molar-refractivity contribution in [3.63, 3.8) is 0 Å². The van der Waals surface area contributed by atoms with Gasteiger partial charge >= 0.3 is 6.02 Å². The molecule has 2 aromatic carbocycles. The monoisotopic (exact) mass is 396 g/mol. The lowest BCUT2D eigenvalue weighted by Crippen LogP contribution is -2.48. The maximum absolute atomic E-state index is 12.9. The standard InChI is InChI=1S/C22H24N2O3S/c1-17-11-13-20(14-12-17)28(25,26)23-22-24(15-18-7-3-2-4-8-18)16-19-9-5-6-10-21(19)27-22/h2-4,6-8,10-14,19,21H,5,9,15-16H2,1H3/b23-22+/t19-,21-/m0/s1. The van der Waals surface area contributed by atoms with Crippen LogP contribution < -0.4 is 0 Å². The van der Waals surface area contributed by atoms with E-state index in [1.165, 1.54) is 0 Å². The number of hydrogen-bond donors (Lipinski definition) is 0. The van der Waals surface area contributed by atoms with Crippen molar-refractivity contribution in [2.75, 3.05) is 6.54 Å². The highest BCUT2D eigenvalue weighted by atomic mass is 32.2. The Morgan fingerprint density at radius 1 is 1.11 bits per heavy atom. The second-order valence-corrected chi connectivity index (χ2v) is 8.98. The number of hydrogen-bond acceptors (Lipinski definition) is 3. The number of amidine groups is 1. The highest BCUT2D eigenvalue weighted by Crippen LogP contribution is 2.29. The molecule has 0 spiro atoms. The Hall–Kier alpha value is -2.60. The highest BCUT2D eigenvalue weighted by molar-refractivity contribution is 7.90. The third-order valence-corrected chi connectivity index (χ3v) is 6.46. The van der Waals surface area contributed by atoms with Crippen molar-refractivity contribution >= 4 is 16.0 Å². The van der Waals surface area contributed by atoms with Crippen LogP contribution in [0.1, 0.15) is 24.0 Å². The quantitative estimate of drug-likeness (QED) is 0.736. The van der Waals surface area contributed by atoms with Crippen molar-refractivity contribution in [1.29, 1.82) is 0 Å². The van der Waals surface area contributed by atoms with Crippen LogP contribution in [-0.4, -0.2) is 32.0 Å². The molecule has 4 rings (SSSR count). The lowest BCUT2D eigenvalue weighted by atomic mass is 9.90. The maximum atomic E-state index is 12.9. The highest BCUT2D eigenvalue weighted by Gasteiger charge is 2.35. The fraction of sp³-hybridized carbons (Fsp3) is 0.318. The Morgan fingerprint density at radius 3 is 2.61 bits per heavy atom. The average Bonchev–Trinajstić information content (AvgIpc) is 2.69. The van der Waals surface area contributed by atoms with E-state index in [4.69, 9.17) is 4.74 Å². The average molecular weight is 397 g/mol. The predicted octanol–water partition coefficient (Wildman–Crippen LogP) is 3.91. The van der Waals surface area contributed by atoms with E-state index >= 15 is 0 Å². The molecule has 0 aromatic heterocycles. The molecule has 0 N–H and O–H groups in total. The molecule has 0 radical (unpaired) electrons. The van der Waals surface area contributed by atoms with Crippen LogP contribution in [0.4, 0.5) is 0 Å². The molecule has 1 heterocycles. The smallest absolute Gasteiger partial charge is 0.304 e. The van der Waals surface area contributed by atoms with E-state index in [0.717, 1.165) is 30.5 Å². The number of allylic oxidation sites excluding steroid dienone is 1. The SMILES string of the molecule is Cc1ccc(S(=O)(=O)/N=C2/O[C@H]3C=CCC[C@H]3CN2Cc2ccccc2)cc1. The fourth-order valence-electron chi connectivity index (χ4n) is 3.63. The Labute approximate surface area is 166 Å². The lowest BCUT2D eigenvalue weighted by Gasteiger charge is -2.40. The summed E-state index contributed by atoms with van der Waals surface area (Å²) in [7, 11) is -3.84. The third-order valence-electron chi connectivity index (χ3n) is 5.19. The third kappa shape index (κ3) is 4.12.